The van der Waals surface area contributed by atoms with Crippen LogP contribution in [0.2, 0.25) is 0 Å². The molecule has 35 heavy (non-hydrogen) atoms. The first-order chi connectivity index (χ1) is 16.8. The fourth-order valence-corrected chi connectivity index (χ4v) is 5.19. The first kappa shape index (κ1) is 24.8. The lowest BCUT2D eigenvalue weighted by molar-refractivity contribution is -0.139. The molecule has 0 aromatic heterocycles. The number of amides is 2. The number of nitrogens with one attached hydrogen (secondary N) is 2. The molecular formula is C28H34N2O5. The van der Waals surface area contributed by atoms with Crippen molar-refractivity contribution in [3.8, 4) is 11.1 Å². The quantitative estimate of drug-likeness (QED) is 0.464. The van der Waals surface area contributed by atoms with Crippen LogP contribution in [0, 0.1) is 17.3 Å². The van der Waals surface area contributed by atoms with Gasteiger partial charge in [-0.05, 0) is 60.3 Å². The number of carbonyl (C=O) groups excluding carboxylic acids is 2. The van der Waals surface area contributed by atoms with E-state index in [1.54, 1.807) is 0 Å². The van der Waals surface area contributed by atoms with E-state index >= 15 is 0 Å². The fourth-order valence-electron chi connectivity index (χ4n) is 5.19. The zero-order valence-corrected chi connectivity index (χ0v) is 20.4. The molecule has 1 saturated carbocycles. The van der Waals surface area contributed by atoms with Crippen molar-refractivity contribution >= 4 is 18.0 Å². The summed E-state index contributed by atoms with van der Waals surface area (Å²) >= 11 is 0. The van der Waals surface area contributed by atoms with Gasteiger partial charge in [-0.15, -0.1) is 0 Å². The number of aliphatic carboxylic acids is 1. The number of fused-ring (bicyclic) bond motifs is 3. The van der Waals surface area contributed by atoms with E-state index in [0.717, 1.165) is 24.0 Å². The normalized spacial score (nSPS) is 20.1. The van der Waals surface area contributed by atoms with Crippen molar-refractivity contribution in [1.29, 1.82) is 0 Å². The third-order valence-corrected chi connectivity index (χ3v) is 7.64. The molecule has 2 aliphatic rings. The van der Waals surface area contributed by atoms with Crippen LogP contribution in [0.5, 0.6) is 0 Å². The topological polar surface area (TPSA) is 105 Å². The number of carboxylic acid groups (broad SMARTS) is 1. The highest BCUT2D eigenvalue weighted by molar-refractivity contribution is 5.83. The second-order valence-corrected chi connectivity index (χ2v) is 10.1. The summed E-state index contributed by atoms with van der Waals surface area (Å²) in [6.07, 6.45) is 1.88. The minimum atomic E-state index is -0.768. The van der Waals surface area contributed by atoms with Gasteiger partial charge >= 0.3 is 12.1 Å². The largest absolute Gasteiger partial charge is 0.481 e. The number of rotatable bonds is 10. The van der Waals surface area contributed by atoms with Gasteiger partial charge in [-0.2, -0.15) is 0 Å². The number of hydrogen-bond acceptors (Lipinski definition) is 4. The summed E-state index contributed by atoms with van der Waals surface area (Å²) in [5, 5.41) is 14.6. The number of alkyl carbamates (subject to hydrolysis) is 1. The Balaban J connectivity index is 1.25. The smallest absolute Gasteiger partial charge is 0.407 e. The SMILES string of the molecule is CCC(C)(CNC(=O)OCC1c2ccccc2-c2ccccc21)C(=O)NCC1CC(CC(=O)O)C1. The summed E-state index contributed by atoms with van der Waals surface area (Å²) in [6, 6.07) is 16.4. The highest BCUT2D eigenvalue weighted by Crippen LogP contribution is 2.44. The first-order valence-electron chi connectivity index (χ1n) is 12.4. The minimum absolute atomic E-state index is 0.0126. The number of benzene rings is 2. The molecule has 0 aliphatic heterocycles. The molecule has 4 rings (SSSR count). The van der Waals surface area contributed by atoms with E-state index < -0.39 is 17.5 Å². The molecule has 7 heteroatoms. The van der Waals surface area contributed by atoms with Gasteiger partial charge in [-0.1, -0.05) is 55.5 Å². The van der Waals surface area contributed by atoms with Crippen LogP contribution in [0.15, 0.2) is 48.5 Å². The van der Waals surface area contributed by atoms with Gasteiger partial charge in [0.05, 0.1) is 5.41 Å². The Morgan fingerprint density at radius 3 is 2.14 bits per heavy atom. The first-order valence-corrected chi connectivity index (χ1v) is 12.4. The summed E-state index contributed by atoms with van der Waals surface area (Å²) < 4.78 is 5.60. The van der Waals surface area contributed by atoms with Crippen molar-refractivity contribution in [1.82, 2.24) is 10.6 Å². The monoisotopic (exact) mass is 478 g/mol. The third kappa shape index (κ3) is 5.50. The summed E-state index contributed by atoms with van der Waals surface area (Å²) in [5.74, 6) is -0.362. The molecule has 1 unspecified atom stereocenters. The van der Waals surface area contributed by atoms with Crippen LogP contribution in [0.3, 0.4) is 0 Å². The molecule has 2 amide bonds. The van der Waals surface area contributed by atoms with Gasteiger partial charge in [0.2, 0.25) is 5.91 Å². The zero-order chi connectivity index (χ0) is 25.0. The molecule has 2 aliphatic carbocycles. The molecule has 0 heterocycles. The molecule has 2 aromatic rings. The van der Waals surface area contributed by atoms with Gasteiger partial charge < -0.3 is 20.5 Å². The van der Waals surface area contributed by atoms with Crippen LogP contribution in [-0.2, 0) is 14.3 Å². The van der Waals surface area contributed by atoms with Crippen molar-refractivity contribution in [3.63, 3.8) is 0 Å². The minimum Gasteiger partial charge on any atom is -0.481 e. The standard InChI is InChI=1S/C28H34N2O5/c1-3-28(2,26(33)29-15-19-12-18(13-19)14-25(31)32)17-30-27(34)35-16-24-22-10-6-4-8-20(22)21-9-5-7-11-23(21)24/h4-11,18-19,24H,3,12-17H2,1-2H3,(H,29,33)(H,30,34)(H,31,32). The number of carbonyl (C=O) groups is 3. The van der Waals surface area contributed by atoms with Crippen molar-refractivity contribution in [2.75, 3.05) is 19.7 Å². The van der Waals surface area contributed by atoms with Crippen molar-refractivity contribution in [2.24, 2.45) is 17.3 Å². The average molecular weight is 479 g/mol. The molecule has 3 N–H and O–H groups in total. The number of hydrogen-bond donors (Lipinski definition) is 3. The Morgan fingerprint density at radius 2 is 1.57 bits per heavy atom. The van der Waals surface area contributed by atoms with E-state index in [1.807, 2.05) is 38.1 Å². The highest BCUT2D eigenvalue weighted by Gasteiger charge is 2.35. The van der Waals surface area contributed by atoms with Crippen LogP contribution in [0.25, 0.3) is 11.1 Å². The molecule has 1 fully saturated rings. The van der Waals surface area contributed by atoms with Crippen molar-refractivity contribution < 1.29 is 24.2 Å². The van der Waals surface area contributed by atoms with E-state index in [4.69, 9.17) is 9.84 Å². The second kappa shape index (κ2) is 10.5. The molecule has 186 valence electrons. The van der Waals surface area contributed by atoms with E-state index in [9.17, 15) is 14.4 Å². The highest BCUT2D eigenvalue weighted by atomic mass is 16.5. The van der Waals surface area contributed by atoms with Crippen LogP contribution >= 0.6 is 0 Å². The Kier molecular flexibility index (Phi) is 7.43. The van der Waals surface area contributed by atoms with Crippen LogP contribution in [-0.4, -0.2) is 42.8 Å². The lowest BCUT2D eigenvalue weighted by Gasteiger charge is -2.35. The van der Waals surface area contributed by atoms with Gasteiger partial charge in [0.25, 0.3) is 0 Å². The lowest BCUT2D eigenvalue weighted by Crippen LogP contribution is -2.48. The lowest BCUT2D eigenvalue weighted by atomic mass is 9.73. The van der Waals surface area contributed by atoms with Gasteiger partial charge in [0.1, 0.15) is 6.61 Å². The van der Waals surface area contributed by atoms with Gasteiger partial charge in [-0.3, -0.25) is 9.59 Å². The summed E-state index contributed by atoms with van der Waals surface area (Å²) in [6.45, 7) is 4.70. The van der Waals surface area contributed by atoms with Gasteiger partial charge in [0.15, 0.2) is 0 Å². The Bertz CT molecular complexity index is 1050. The molecular weight excluding hydrogens is 444 g/mol. The average Bonchev–Trinajstić information content (AvgIpc) is 3.15. The van der Waals surface area contributed by atoms with E-state index in [1.165, 1.54) is 11.1 Å². The summed E-state index contributed by atoms with van der Waals surface area (Å²) in [7, 11) is 0. The Morgan fingerprint density at radius 1 is 0.971 bits per heavy atom. The Labute approximate surface area is 206 Å². The van der Waals surface area contributed by atoms with Crippen LogP contribution < -0.4 is 10.6 Å². The zero-order valence-electron chi connectivity index (χ0n) is 20.4. The molecule has 0 bridgehead atoms. The van der Waals surface area contributed by atoms with Crippen molar-refractivity contribution in [2.45, 2.75) is 45.4 Å². The van der Waals surface area contributed by atoms with Gasteiger partial charge in [0, 0.05) is 25.4 Å². The van der Waals surface area contributed by atoms with Crippen molar-refractivity contribution in [3.05, 3.63) is 59.7 Å². The predicted octanol–water partition coefficient (Wildman–Crippen LogP) is 4.56. The summed E-state index contributed by atoms with van der Waals surface area (Å²) in [5.41, 5.74) is 3.90. The maximum absolute atomic E-state index is 12.9. The molecule has 1 atom stereocenters. The van der Waals surface area contributed by atoms with E-state index in [2.05, 4.69) is 34.9 Å². The maximum Gasteiger partial charge on any atom is 0.407 e. The molecule has 0 spiro atoms. The molecule has 7 nitrogen and oxygen atoms in total. The molecule has 2 aromatic carbocycles. The van der Waals surface area contributed by atoms with Gasteiger partial charge in [-0.25, -0.2) is 4.79 Å². The maximum atomic E-state index is 12.9. The Hall–Kier alpha value is -3.35. The second-order valence-electron chi connectivity index (χ2n) is 10.1. The third-order valence-electron chi connectivity index (χ3n) is 7.64. The van der Waals surface area contributed by atoms with E-state index in [0.29, 0.717) is 18.9 Å². The van der Waals surface area contributed by atoms with Crippen LogP contribution in [0.1, 0.15) is 56.6 Å². The fraction of sp³-hybridized carbons (Fsp3) is 0.464. The molecule has 0 saturated heterocycles. The molecule has 0 radical (unpaired) electrons. The van der Waals surface area contributed by atoms with Crippen LogP contribution in [0.4, 0.5) is 4.79 Å². The summed E-state index contributed by atoms with van der Waals surface area (Å²) in [4.78, 5) is 36.2. The predicted molar refractivity (Wildman–Crippen MR) is 133 cm³/mol. The number of carboxylic acids is 1. The number of ether oxygens (including phenoxy) is 1. The van der Waals surface area contributed by atoms with E-state index in [-0.39, 0.29) is 37.3 Å².